The van der Waals surface area contributed by atoms with Crippen molar-refractivity contribution >= 4 is 5.69 Å². The molecular weight excluding hydrogens is 200 g/mol. The lowest BCUT2D eigenvalue weighted by Gasteiger charge is -2.15. The number of nitrogens with two attached hydrogens (primary N) is 1. The van der Waals surface area contributed by atoms with Crippen LogP contribution in [0.15, 0.2) is 24.3 Å². The Kier molecular flexibility index (Phi) is 5.72. The number of nitrogens with one attached hydrogen (secondary N) is 1. The molecule has 1 rings (SSSR count). The highest BCUT2D eigenvalue weighted by atomic mass is 16.5. The minimum Gasteiger partial charge on any atom is -0.490 e. The van der Waals surface area contributed by atoms with Gasteiger partial charge in [0.2, 0.25) is 0 Å². The number of ether oxygens (including phenoxy) is 1. The highest BCUT2D eigenvalue weighted by Crippen LogP contribution is 2.19. The lowest BCUT2D eigenvalue weighted by molar-refractivity contribution is 0.304. The van der Waals surface area contributed by atoms with Crippen LogP contribution in [0.5, 0.6) is 5.75 Å². The standard InChI is InChI=1S/C13H22N2O/c1-3-11(4-2)15-9-10-16-13-8-6-5-7-12(13)14/h5-8,11,15H,3-4,9-10,14H2,1-2H3. The highest BCUT2D eigenvalue weighted by Gasteiger charge is 2.02. The molecule has 0 heterocycles. The quantitative estimate of drug-likeness (QED) is 0.550. The largest absolute Gasteiger partial charge is 0.490 e. The third kappa shape index (κ3) is 4.11. The van der Waals surface area contributed by atoms with Crippen molar-refractivity contribution in [2.24, 2.45) is 0 Å². The van der Waals surface area contributed by atoms with Crippen LogP contribution < -0.4 is 15.8 Å². The van der Waals surface area contributed by atoms with E-state index in [0.717, 1.165) is 25.1 Å². The molecule has 1 aromatic carbocycles. The highest BCUT2D eigenvalue weighted by molar-refractivity contribution is 5.51. The van der Waals surface area contributed by atoms with Crippen molar-refractivity contribution in [1.82, 2.24) is 5.32 Å². The molecule has 0 amide bonds. The first-order valence-electron chi connectivity index (χ1n) is 5.98. The predicted octanol–water partition coefficient (Wildman–Crippen LogP) is 2.43. The van der Waals surface area contributed by atoms with Gasteiger partial charge < -0.3 is 15.8 Å². The molecule has 3 N–H and O–H groups in total. The molecule has 0 unspecified atom stereocenters. The average Bonchev–Trinajstić information content (AvgIpc) is 2.31. The van der Waals surface area contributed by atoms with Crippen molar-refractivity contribution in [3.63, 3.8) is 0 Å². The molecule has 0 aliphatic rings. The molecule has 0 aliphatic heterocycles. The van der Waals surface area contributed by atoms with Gasteiger partial charge in [-0.15, -0.1) is 0 Å². The summed E-state index contributed by atoms with van der Waals surface area (Å²) < 4.78 is 5.59. The lowest BCUT2D eigenvalue weighted by atomic mass is 10.2. The maximum atomic E-state index is 5.77. The van der Waals surface area contributed by atoms with Crippen molar-refractivity contribution in [2.75, 3.05) is 18.9 Å². The number of anilines is 1. The van der Waals surface area contributed by atoms with Crippen molar-refractivity contribution in [3.8, 4) is 5.75 Å². The lowest BCUT2D eigenvalue weighted by Crippen LogP contribution is -2.31. The monoisotopic (exact) mass is 222 g/mol. The molecule has 0 atom stereocenters. The van der Waals surface area contributed by atoms with Crippen LogP contribution in [-0.2, 0) is 0 Å². The predicted molar refractivity (Wildman–Crippen MR) is 68.7 cm³/mol. The minimum atomic E-state index is 0.594. The van der Waals surface area contributed by atoms with Crippen molar-refractivity contribution in [1.29, 1.82) is 0 Å². The molecule has 90 valence electrons. The first-order chi connectivity index (χ1) is 7.77. The number of hydrogen-bond donors (Lipinski definition) is 2. The van der Waals surface area contributed by atoms with E-state index < -0.39 is 0 Å². The maximum absolute atomic E-state index is 5.77. The first kappa shape index (κ1) is 12.8. The van der Waals surface area contributed by atoms with E-state index in [1.165, 1.54) is 0 Å². The van der Waals surface area contributed by atoms with Gasteiger partial charge in [0.15, 0.2) is 0 Å². The molecule has 0 aromatic heterocycles. The molecular formula is C13H22N2O. The van der Waals surface area contributed by atoms with Crippen LogP contribution in [-0.4, -0.2) is 19.2 Å². The van der Waals surface area contributed by atoms with E-state index in [2.05, 4.69) is 19.2 Å². The second kappa shape index (κ2) is 7.12. The van der Waals surface area contributed by atoms with Gasteiger partial charge in [-0.1, -0.05) is 26.0 Å². The molecule has 0 fully saturated rings. The number of nitrogen functional groups attached to an aromatic ring is 1. The zero-order chi connectivity index (χ0) is 11.8. The van der Waals surface area contributed by atoms with Crippen molar-refractivity contribution in [3.05, 3.63) is 24.3 Å². The summed E-state index contributed by atoms with van der Waals surface area (Å²) in [6.45, 7) is 5.90. The normalized spacial score (nSPS) is 10.7. The topological polar surface area (TPSA) is 47.3 Å². The molecule has 0 bridgehead atoms. The zero-order valence-electron chi connectivity index (χ0n) is 10.2. The van der Waals surface area contributed by atoms with Gasteiger partial charge in [-0.25, -0.2) is 0 Å². The fourth-order valence-corrected chi connectivity index (χ4v) is 1.61. The summed E-state index contributed by atoms with van der Waals surface area (Å²) in [5.74, 6) is 0.772. The summed E-state index contributed by atoms with van der Waals surface area (Å²) >= 11 is 0. The second-order valence-electron chi connectivity index (χ2n) is 3.85. The Labute approximate surface area is 98.0 Å². The van der Waals surface area contributed by atoms with E-state index in [1.807, 2.05) is 24.3 Å². The van der Waals surface area contributed by atoms with Gasteiger partial charge in [-0.05, 0) is 25.0 Å². The number of benzene rings is 1. The molecule has 0 saturated carbocycles. The average molecular weight is 222 g/mol. The fourth-order valence-electron chi connectivity index (χ4n) is 1.61. The molecule has 0 spiro atoms. The van der Waals surface area contributed by atoms with Gasteiger partial charge in [-0.2, -0.15) is 0 Å². The Balaban J connectivity index is 2.23. The number of para-hydroxylation sites is 2. The summed E-state index contributed by atoms with van der Waals surface area (Å²) in [5.41, 5.74) is 6.47. The van der Waals surface area contributed by atoms with Crippen molar-refractivity contribution < 1.29 is 4.74 Å². The summed E-state index contributed by atoms with van der Waals surface area (Å²) in [7, 11) is 0. The van der Waals surface area contributed by atoms with Crippen LogP contribution in [0.4, 0.5) is 5.69 Å². The van der Waals surface area contributed by atoms with E-state index in [1.54, 1.807) is 0 Å². The molecule has 16 heavy (non-hydrogen) atoms. The summed E-state index contributed by atoms with van der Waals surface area (Å²) in [6, 6.07) is 8.18. The van der Waals surface area contributed by atoms with Gasteiger partial charge >= 0.3 is 0 Å². The maximum Gasteiger partial charge on any atom is 0.142 e. The minimum absolute atomic E-state index is 0.594. The first-order valence-corrected chi connectivity index (χ1v) is 5.98. The Hall–Kier alpha value is -1.22. The van der Waals surface area contributed by atoms with Gasteiger partial charge in [0.05, 0.1) is 5.69 Å². The van der Waals surface area contributed by atoms with Gasteiger partial charge in [0.25, 0.3) is 0 Å². The smallest absolute Gasteiger partial charge is 0.142 e. The SMILES string of the molecule is CCC(CC)NCCOc1ccccc1N. The van der Waals surface area contributed by atoms with E-state index >= 15 is 0 Å². The van der Waals surface area contributed by atoms with Gasteiger partial charge in [0.1, 0.15) is 12.4 Å². The molecule has 0 saturated heterocycles. The molecule has 3 heteroatoms. The van der Waals surface area contributed by atoms with Gasteiger partial charge in [0, 0.05) is 12.6 Å². The Morgan fingerprint density at radius 3 is 2.56 bits per heavy atom. The summed E-state index contributed by atoms with van der Waals surface area (Å²) in [5, 5.41) is 3.44. The third-order valence-electron chi connectivity index (χ3n) is 2.70. The van der Waals surface area contributed by atoms with Crippen LogP contribution in [0, 0.1) is 0 Å². The van der Waals surface area contributed by atoms with Crippen LogP contribution in [0.1, 0.15) is 26.7 Å². The number of rotatable bonds is 7. The van der Waals surface area contributed by atoms with Crippen LogP contribution in [0.3, 0.4) is 0 Å². The van der Waals surface area contributed by atoms with Crippen LogP contribution in [0.25, 0.3) is 0 Å². The molecule has 1 aromatic rings. The molecule has 3 nitrogen and oxygen atoms in total. The summed E-state index contributed by atoms with van der Waals surface area (Å²) in [4.78, 5) is 0. The van der Waals surface area contributed by atoms with Crippen molar-refractivity contribution in [2.45, 2.75) is 32.7 Å². The molecule has 0 radical (unpaired) electrons. The summed E-state index contributed by atoms with van der Waals surface area (Å²) in [6.07, 6.45) is 2.31. The zero-order valence-corrected chi connectivity index (χ0v) is 10.2. The second-order valence-corrected chi connectivity index (χ2v) is 3.85. The molecule has 0 aliphatic carbocycles. The van der Waals surface area contributed by atoms with E-state index in [4.69, 9.17) is 10.5 Å². The van der Waals surface area contributed by atoms with Gasteiger partial charge in [-0.3, -0.25) is 0 Å². The van der Waals surface area contributed by atoms with E-state index in [-0.39, 0.29) is 0 Å². The fraction of sp³-hybridized carbons (Fsp3) is 0.538. The Bertz CT molecular complexity index is 298. The van der Waals surface area contributed by atoms with E-state index in [9.17, 15) is 0 Å². The van der Waals surface area contributed by atoms with Crippen LogP contribution >= 0.6 is 0 Å². The Morgan fingerprint density at radius 1 is 1.25 bits per heavy atom. The van der Waals surface area contributed by atoms with E-state index in [0.29, 0.717) is 18.3 Å². The Morgan fingerprint density at radius 2 is 1.94 bits per heavy atom. The number of hydrogen-bond acceptors (Lipinski definition) is 3. The van der Waals surface area contributed by atoms with Crippen LogP contribution in [0.2, 0.25) is 0 Å². The third-order valence-corrected chi connectivity index (χ3v) is 2.70.